The highest BCUT2D eigenvalue weighted by molar-refractivity contribution is 9.10. The fraction of sp³-hybridized carbons (Fsp3) is 0.300. The summed E-state index contributed by atoms with van der Waals surface area (Å²) in [6.07, 6.45) is 8.70. The summed E-state index contributed by atoms with van der Waals surface area (Å²) in [7, 11) is 1.63. The highest BCUT2D eigenvalue weighted by Gasteiger charge is 2.20. The maximum Gasteiger partial charge on any atom is 0.157 e. The van der Waals surface area contributed by atoms with Crippen LogP contribution in [0.15, 0.2) is 47.5 Å². The lowest BCUT2D eigenvalue weighted by Gasteiger charge is -2.22. The molecule has 9 heteroatoms. The number of hydrogen-bond donors (Lipinski definition) is 0. The molecule has 0 saturated carbocycles. The first-order chi connectivity index (χ1) is 14.2. The van der Waals surface area contributed by atoms with E-state index in [1.807, 2.05) is 35.1 Å². The summed E-state index contributed by atoms with van der Waals surface area (Å²) in [5, 5.41) is 9.32. The molecular weight excluding hydrogens is 436 g/mol. The first-order valence-corrected chi connectivity index (χ1v) is 10.2. The second kappa shape index (κ2) is 7.57. The third-order valence-corrected chi connectivity index (χ3v) is 5.42. The van der Waals surface area contributed by atoms with Gasteiger partial charge in [-0.3, -0.25) is 0 Å². The van der Waals surface area contributed by atoms with E-state index < -0.39 is 0 Å². The van der Waals surface area contributed by atoms with E-state index in [-0.39, 0.29) is 6.23 Å². The summed E-state index contributed by atoms with van der Waals surface area (Å²) >= 11 is 3.42. The van der Waals surface area contributed by atoms with Gasteiger partial charge in [0, 0.05) is 24.4 Å². The van der Waals surface area contributed by atoms with Crippen LogP contribution < -0.4 is 4.74 Å². The fourth-order valence-corrected chi connectivity index (χ4v) is 3.87. The molecular formula is C20H19BrN6O2. The highest BCUT2D eigenvalue weighted by atomic mass is 79.9. The maximum absolute atomic E-state index is 5.84. The van der Waals surface area contributed by atoms with E-state index in [4.69, 9.17) is 14.6 Å². The zero-order valence-electron chi connectivity index (χ0n) is 15.8. The van der Waals surface area contributed by atoms with E-state index in [0.29, 0.717) is 17.1 Å². The molecule has 0 N–H and O–H groups in total. The van der Waals surface area contributed by atoms with Crippen LogP contribution in [-0.4, -0.2) is 43.1 Å². The standard InChI is InChI=1S/C20H19BrN6O2/c1-28-16-9-18-22-11-15(14-5-4-6-17(21)24-14)27(18)25-20(16)13-10-23-26(12-13)19-7-2-3-8-29-19/h4-6,9-12,19H,2-3,7-8H2,1H3. The van der Waals surface area contributed by atoms with Gasteiger partial charge in [0.2, 0.25) is 0 Å². The van der Waals surface area contributed by atoms with Gasteiger partial charge in [-0.2, -0.15) is 10.2 Å². The molecule has 1 unspecified atom stereocenters. The van der Waals surface area contributed by atoms with Crippen LogP contribution in [0.5, 0.6) is 5.75 Å². The molecule has 0 amide bonds. The van der Waals surface area contributed by atoms with Crippen LogP contribution in [0.1, 0.15) is 25.5 Å². The van der Waals surface area contributed by atoms with Crippen LogP contribution in [0.4, 0.5) is 0 Å². The van der Waals surface area contributed by atoms with Gasteiger partial charge in [0.05, 0.1) is 25.2 Å². The van der Waals surface area contributed by atoms with Crippen molar-refractivity contribution < 1.29 is 9.47 Å². The molecule has 148 valence electrons. The molecule has 4 aromatic rings. The highest BCUT2D eigenvalue weighted by Crippen LogP contribution is 2.32. The smallest absolute Gasteiger partial charge is 0.157 e. The molecule has 0 aromatic carbocycles. The Bertz CT molecular complexity index is 1160. The van der Waals surface area contributed by atoms with Gasteiger partial charge in [-0.05, 0) is 47.3 Å². The first kappa shape index (κ1) is 18.3. The summed E-state index contributed by atoms with van der Waals surface area (Å²) in [6, 6.07) is 7.62. The Hall–Kier alpha value is -2.78. The lowest BCUT2D eigenvalue weighted by atomic mass is 10.2. The van der Waals surface area contributed by atoms with Gasteiger partial charge >= 0.3 is 0 Å². The summed E-state index contributed by atoms with van der Waals surface area (Å²) in [5.74, 6) is 0.640. The second-order valence-corrected chi connectivity index (χ2v) is 7.66. The number of hydrogen-bond acceptors (Lipinski definition) is 6. The van der Waals surface area contributed by atoms with Crippen LogP contribution in [0.3, 0.4) is 0 Å². The van der Waals surface area contributed by atoms with Gasteiger partial charge in [0.1, 0.15) is 22.2 Å². The number of ether oxygens (including phenoxy) is 2. The Morgan fingerprint density at radius 3 is 2.97 bits per heavy atom. The Morgan fingerprint density at radius 2 is 2.17 bits per heavy atom. The van der Waals surface area contributed by atoms with Crippen LogP contribution >= 0.6 is 15.9 Å². The number of imidazole rings is 1. The van der Waals surface area contributed by atoms with Crippen molar-refractivity contribution in [2.45, 2.75) is 25.5 Å². The third kappa shape index (κ3) is 3.40. The minimum Gasteiger partial charge on any atom is -0.494 e. The topological polar surface area (TPSA) is 79.4 Å². The van der Waals surface area contributed by atoms with Crippen LogP contribution in [0.2, 0.25) is 0 Å². The largest absolute Gasteiger partial charge is 0.494 e. The van der Waals surface area contributed by atoms with E-state index in [9.17, 15) is 0 Å². The summed E-state index contributed by atoms with van der Waals surface area (Å²) in [5.41, 5.74) is 3.82. The van der Waals surface area contributed by atoms with E-state index in [1.54, 1.807) is 24.0 Å². The quantitative estimate of drug-likeness (QED) is 0.431. The number of halogens is 1. The third-order valence-electron chi connectivity index (χ3n) is 4.98. The minimum atomic E-state index is -0.0260. The number of rotatable bonds is 4. The molecule has 1 atom stereocenters. The average molecular weight is 455 g/mol. The van der Waals surface area contributed by atoms with Gasteiger partial charge in [-0.25, -0.2) is 19.2 Å². The Labute approximate surface area is 175 Å². The monoisotopic (exact) mass is 454 g/mol. The zero-order chi connectivity index (χ0) is 19.8. The van der Waals surface area contributed by atoms with Gasteiger partial charge in [-0.1, -0.05) is 6.07 Å². The van der Waals surface area contributed by atoms with E-state index in [1.165, 1.54) is 0 Å². The fourth-order valence-electron chi connectivity index (χ4n) is 3.53. The average Bonchev–Trinajstić information content (AvgIpc) is 3.40. The molecule has 1 saturated heterocycles. The molecule has 5 rings (SSSR count). The van der Waals surface area contributed by atoms with E-state index in [2.05, 4.69) is 31.0 Å². The molecule has 1 aliphatic heterocycles. The second-order valence-electron chi connectivity index (χ2n) is 6.85. The predicted molar refractivity (Wildman–Crippen MR) is 111 cm³/mol. The number of aromatic nitrogens is 6. The van der Waals surface area contributed by atoms with E-state index in [0.717, 1.165) is 47.4 Å². The lowest BCUT2D eigenvalue weighted by Crippen LogP contribution is -2.18. The summed E-state index contributed by atoms with van der Waals surface area (Å²) in [6.45, 7) is 0.769. The Balaban J connectivity index is 1.60. The summed E-state index contributed by atoms with van der Waals surface area (Å²) < 4.78 is 15.8. The minimum absolute atomic E-state index is 0.0260. The number of pyridine rings is 1. The zero-order valence-corrected chi connectivity index (χ0v) is 17.4. The molecule has 8 nitrogen and oxygen atoms in total. The molecule has 29 heavy (non-hydrogen) atoms. The first-order valence-electron chi connectivity index (χ1n) is 9.45. The molecule has 0 radical (unpaired) electrons. The maximum atomic E-state index is 5.84. The van der Waals surface area contributed by atoms with Crippen molar-refractivity contribution in [1.29, 1.82) is 0 Å². The molecule has 1 aliphatic rings. The van der Waals surface area contributed by atoms with Crippen LogP contribution in [0, 0.1) is 0 Å². The molecule has 4 aromatic heterocycles. The lowest BCUT2D eigenvalue weighted by molar-refractivity contribution is -0.0394. The molecule has 0 aliphatic carbocycles. The van der Waals surface area contributed by atoms with Crippen LogP contribution in [0.25, 0.3) is 28.3 Å². The number of methoxy groups -OCH3 is 1. The van der Waals surface area contributed by atoms with Crippen molar-refractivity contribution in [3.63, 3.8) is 0 Å². The number of fused-ring (bicyclic) bond motifs is 1. The molecule has 5 heterocycles. The van der Waals surface area contributed by atoms with Gasteiger partial charge in [-0.15, -0.1) is 0 Å². The van der Waals surface area contributed by atoms with Crippen molar-refractivity contribution in [2.75, 3.05) is 13.7 Å². The van der Waals surface area contributed by atoms with Crippen molar-refractivity contribution in [1.82, 2.24) is 29.4 Å². The van der Waals surface area contributed by atoms with E-state index >= 15 is 0 Å². The van der Waals surface area contributed by atoms with Gasteiger partial charge in [0.15, 0.2) is 11.4 Å². The van der Waals surface area contributed by atoms with Gasteiger partial charge in [0.25, 0.3) is 0 Å². The molecule has 1 fully saturated rings. The van der Waals surface area contributed by atoms with Crippen molar-refractivity contribution in [3.8, 4) is 28.4 Å². The molecule has 0 bridgehead atoms. The Kier molecular flexibility index (Phi) is 4.76. The van der Waals surface area contributed by atoms with Crippen molar-refractivity contribution in [3.05, 3.63) is 47.5 Å². The van der Waals surface area contributed by atoms with Crippen molar-refractivity contribution in [2.24, 2.45) is 0 Å². The molecule has 0 spiro atoms. The summed E-state index contributed by atoms with van der Waals surface area (Å²) in [4.78, 5) is 9.00. The number of nitrogens with zero attached hydrogens (tertiary/aromatic N) is 6. The normalized spacial score (nSPS) is 17.0. The van der Waals surface area contributed by atoms with Crippen LogP contribution in [-0.2, 0) is 4.74 Å². The van der Waals surface area contributed by atoms with Crippen molar-refractivity contribution >= 4 is 21.6 Å². The SMILES string of the molecule is COc1cc2ncc(-c3cccc(Br)n3)n2nc1-c1cnn(C2CCCCO2)c1. The predicted octanol–water partition coefficient (Wildman–Crippen LogP) is 4.13. The van der Waals surface area contributed by atoms with Gasteiger partial charge < -0.3 is 9.47 Å². The Morgan fingerprint density at radius 1 is 1.24 bits per heavy atom.